The Morgan fingerprint density at radius 3 is 2.38 bits per heavy atom. The van der Waals surface area contributed by atoms with Gasteiger partial charge >= 0.3 is 0 Å². The predicted molar refractivity (Wildman–Crippen MR) is 27.3 cm³/mol. The average Bonchev–Trinajstić information content (AvgIpc) is 1.82. The number of sulfone groups is 1. The van der Waals surface area contributed by atoms with Crippen molar-refractivity contribution in [2.45, 2.75) is 0 Å². The van der Waals surface area contributed by atoms with Crippen molar-refractivity contribution in [3.8, 4) is 0 Å². The fourth-order valence-corrected chi connectivity index (χ4v) is 1.16. The van der Waals surface area contributed by atoms with Gasteiger partial charge in [0.15, 0.2) is 9.84 Å². The molecule has 0 N–H and O–H groups in total. The summed E-state index contributed by atoms with van der Waals surface area (Å²) in [5.41, 5.74) is 0.690. The normalized spacial score (nSPS) is 24.2. The van der Waals surface area contributed by atoms with Crippen molar-refractivity contribution in [3.05, 3.63) is 0 Å². The van der Waals surface area contributed by atoms with E-state index in [1.54, 1.807) is 0 Å². The average molecular weight is 133 g/mol. The first kappa shape index (κ1) is 5.43. The van der Waals surface area contributed by atoms with E-state index in [0.29, 0.717) is 5.55 Å². The summed E-state index contributed by atoms with van der Waals surface area (Å²) in [4.78, 5) is 13.1. The minimum atomic E-state index is -3.24. The van der Waals surface area contributed by atoms with Crippen molar-refractivity contribution in [2.75, 3.05) is 5.75 Å². The minimum Gasteiger partial charge on any atom is -0.271 e. The molecular weight excluding hydrogens is 130 g/mol. The molecule has 0 fully saturated rings. The molecule has 1 aliphatic rings. The maximum absolute atomic E-state index is 10.3. The van der Waals surface area contributed by atoms with E-state index >= 15 is 0 Å². The number of rotatable bonds is 0. The largest absolute Gasteiger partial charge is 0.271 e. The lowest BCUT2D eigenvalue weighted by atomic mass is 10.8. The Morgan fingerprint density at radius 1 is 1.62 bits per heavy atom. The second-order valence-electron chi connectivity index (χ2n) is 1.44. The number of hydrogen-bond acceptors (Lipinski definition) is 3. The first-order valence-corrected chi connectivity index (χ1v) is 3.61. The monoisotopic (exact) mass is 133 g/mol. The molecule has 0 unspecified atom stereocenters. The van der Waals surface area contributed by atoms with E-state index in [1.165, 1.54) is 0 Å². The number of aliphatic imine (C=N–C) groups is 1. The van der Waals surface area contributed by atoms with E-state index in [0.717, 1.165) is 0 Å². The molecule has 1 heterocycles. The van der Waals surface area contributed by atoms with Gasteiger partial charge in [-0.25, -0.2) is 13.4 Å². The van der Waals surface area contributed by atoms with E-state index < -0.39 is 21.5 Å². The van der Waals surface area contributed by atoms with Gasteiger partial charge in [0.25, 0.3) is 5.91 Å². The van der Waals surface area contributed by atoms with E-state index in [1.807, 2.05) is 0 Å². The fourth-order valence-electron chi connectivity index (χ4n) is 0.386. The maximum atomic E-state index is 10.3. The molecule has 8 heavy (non-hydrogen) atoms. The van der Waals surface area contributed by atoms with Crippen molar-refractivity contribution in [2.24, 2.45) is 4.99 Å². The molecule has 0 aliphatic carbocycles. The summed E-state index contributed by atoms with van der Waals surface area (Å²) >= 11 is 0. The Morgan fingerprint density at radius 2 is 2.25 bits per heavy atom. The van der Waals surface area contributed by atoms with Gasteiger partial charge in [0.05, 0.1) is 0 Å². The van der Waals surface area contributed by atoms with Gasteiger partial charge in [-0.3, -0.25) is 4.79 Å². The van der Waals surface area contributed by atoms with Crippen LogP contribution in [0.25, 0.3) is 0 Å². The topological polar surface area (TPSA) is 63.6 Å². The summed E-state index contributed by atoms with van der Waals surface area (Å²) in [6.45, 7) is 0. The van der Waals surface area contributed by atoms with Gasteiger partial charge in [0, 0.05) is 0 Å². The van der Waals surface area contributed by atoms with Crippen molar-refractivity contribution in [3.63, 3.8) is 0 Å². The second-order valence-corrected chi connectivity index (χ2v) is 3.26. The Kier molecular flexibility index (Phi) is 0.937. The highest BCUT2D eigenvalue weighted by molar-refractivity contribution is 8.05. The van der Waals surface area contributed by atoms with Crippen LogP contribution in [0.15, 0.2) is 4.99 Å². The van der Waals surface area contributed by atoms with Crippen LogP contribution in [0.2, 0.25) is 0 Å². The summed E-state index contributed by atoms with van der Waals surface area (Å²) in [5, 5.41) is 0. The van der Waals surface area contributed by atoms with Crippen molar-refractivity contribution < 1.29 is 13.2 Å². The molecule has 0 bridgehead atoms. The molecule has 5 heteroatoms. The molecule has 4 nitrogen and oxygen atoms in total. The summed E-state index contributed by atoms with van der Waals surface area (Å²) in [7, 11) is -3.24. The maximum Gasteiger partial charge on any atom is 0.261 e. The van der Waals surface area contributed by atoms with Crippen molar-refractivity contribution >= 4 is 21.3 Å². The molecule has 0 aromatic heterocycles. The van der Waals surface area contributed by atoms with Crippen LogP contribution in [0, 0.1) is 0 Å². The molecule has 1 rings (SSSR count). The molecule has 0 atom stereocenters. The lowest BCUT2D eigenvalue weighted by Gasteiger charge is -1.76. The van der Waals surface area contributed by atoms with Crippen LogP contribution < -0.4 is 0 Å². The first-order valence-electron chi connectivity index (χ1n) is 1.90. The number of carbonyl (C=O) groups excluding carboxylic acids is 1. The molecule has 0 aromatic rings. The van der Waals surface area contributed by atoms with Crippen LogP contribution >= 0.6 is 0 Å². The highest BCUT2D eigenvalue weighted by atomic mass is 32.2. The Hall–Kier alpha value is -0.710. The van der Waals surface area contributed by atoms with Crippen LogP contribution in [0.1, 0.15) is 0 Å². The quantitative estimate of drug-likeness (QED) is 0.424. The zero-order valence-corrected chi connectivity index (χ0v) is 4.68. The first-order chi connectivity index (χ1) is 3.60. The second kappa shape index (κ2) is 1.38. The molecular formula is C3H3NO3S. The third-order valence-electron chi connectivity index (χ3n) is 0.682. The third kappa shape index (κ3) is 0.919. The number of carbonyl (C=O) groups is 1. The number of nitrogens with zero attached hydrogens (tertiary/aromatic N) is 1. The highest BCUT2D eigenvalue weighted by Gasteiger charge is 2.19. The number of amides is 1. The third-order valence-corrected chi connectivity index (χ3v) is 1.76. The van der Waals surface area contributed by atoms with Gasteiger partial charge in [-0.2, -0.15) is 0 Å². The lowest BCUT2D eigenvalue weighted by molar-refractivity contribution is -0.115. The molecule has 0 spiro atoms. The Balaban J connectivity index is 3.06. The Bertz CT molecular complexity index is 237. The number of hydrogen-bond donors (Lipinski definition) is 0. The summed E-state index contributed by atoms with van der Waals surface area (Å²) in [6.07, 6.45) is 0. The van der Waals surface area contributed by atoms with Crippen LogP contribution in [-0.4, -0.2) is 25.6 Å². The van der Waals surface area contributed by atoms with E-state index in [2.05, 4.69) is 4.99 Å². The van der Waals surface area contributed by atoms with Crippen LogP contribution in [-0.2, 0) is 14.6 Å². The molecule has 0 saturated carbocycles. The van der Waals surface area contributed by atoms with E-state index in [-0.39, 0.29) is 0 Å². The van der Waals surface area contributed by atoms with E-state index in [9.17, 15) is 13.2 Å². The zero-order chi connectivity index (χ0) is 6.20. The molecule has 1 aliphatic heterocycles. The SMILES string of the molecule is O=C1CS(=O)(=O)C=N1. The molecule has 1 amide bonds. The van der Waals surface area contributed by atoms with Crippen molar-refractivity contribution in [1.82, 2.24) is 0 Å². The van der Waals surface area contributed by atoms with Gasteiger partial charge in [-0.15, -0.1) is 0 Å². The summed E-state index contributed by atoms with van der Waals surface area (Å²) in [6, 6.07) is 0. The van der Waals surface area contributed by atoms with Gasteiger partial charge < -0.3 is 0 Å². The molecule has 44 valence electrons. The summed E-state index contributed by atoms with van der Waals surface area (Å²) < 4.78 is 20.5. The van der Waals surface area contributed by atoms with Crippen LogP contribution in [0.4, 0.5) is 0 Å². The smallest absolute Gasteiger partial charge is 0.261 e. The van der Waals surface area contributed by atoms with Crippen LogP contribution in [0.5, 0.6) is 0 Å². The van der Waals surface area contributed by atoms with Gasteiger partial charge in [0.2, 0.25) is 0 Å². The molecule has 0 aromatic carbocycles. The van der Waals surface area contributed by atoms with Gasteiger partial charge in [-0.1, -0.05) is 0 Å². The van der Waals surface area contributed by atoms with Crippen LogP contribution in [0.3, 0.4) is 0 Å². The summed E-state index contributed by atoms with van der Waals surface area (Å²) in [5.74, 6) is -1.03. The molecule has 0 radical (unpaired) electrons. The van der Waals surface area contributed by atoms with Crippen molar-refractivity contribution in [1.29, 1.82) is 0 Å². The Labute approximate surface area is 46.1 Å². The standard InChI is InChI=1S/C3H3NO3S/c5-3-1-8(6,7)2-4-3/h2H,1H2. The molecule has 0 saturated heterocycles. The fraction of sp³-hybridized carbons (Fsp3) is 0.333. The lowest BCUT2D eigenvalue weighted by Crippen LogP contribution is -2.04. The van der Waals surface area contributed by atoms with Gasteiger partial charge in [0.1, 0.15) is 11.3 Å². The predicted octanol–water partition coefficient (Wildman–Crippen LogP) is -1.03. The van der Waals surface area contributed by atoms with E-state index in [4.69, 9.17) is 0 Å². The highest BCUT2D eigenvalue weighted by Crippen LogP contribution is 1.95. The minimum absolute atomic E-state index is 0.451. The zero-order valence-electron chi connectivity index (χ0n) is 3.86. The van der Waals surface area contributed by atoms with Gasteiger partial charge in [-0.05, 0) is 0 Å².